The number of rotatable bonds is 4. The molecule has 2 nitrogen and oxygen atoms in total. The first-order valence-corrected chi connectivity index (χ1v) is 4.97. The normalized spacial score (nSPS) is 11.5. The van der Waals surface area contributed by atoms with Crippen LogP contribution in [-0.4, -0.2) is 23.9 Å². The van der Waals surface area contributed by atoms with Crippen LogP contribution in [0.3, 0.4) is 0 Å². The van der Waals surface area contributed by atoms with E-state index >= 15 is 0 Å². The quantitative estimate of drug-likeness (QED) is 0.657. The highest BCUT2D eigenvalue weighted by atomic mass is 16.2. The van der Waals surface area contributed by atoms with Crippen LogP contribution in [0.15, 0.2) is 0 Å². The van der Waals surface area contributed by atoms with Gasteiger partial charge in [0.25, 0.3) is 0 Å². The summed E-state index contributed by atoms with van der Waals surface area (Å²) >= 11 is 0. The molecular formula is C11H22NO. The lowest BCUT2D eigenvalue weighted by Gasteiger charge is -2.25. The lowest BCUT2D eigenvalue weighted by atomic mass is 9.92. The van der Waals surface area contributed by atoms with Crippen molar-refractivity contribution in [2.45, 2.75) is 40.5 Å². The lowest BCUT2D eigenvalue weighted by Crippen LogP contribution is -2.32. The summed E-state index contributed by atoms with van der Waals surface area (Å²) in [6.45, 7) is 13.8. The molecule has 2 heteroatoms. The molecule has 0 fully saturated rings. The largest absolute Gasteiger partial charge is 0.343 e. The van der Waals surface area contributed by atoms with E-state index in [0.717, 1.165) is 19.5 Å². The smallest absolute Gasteiger partial charge is 0.222 e. The van der Waals surface area contributed by atoms with Gasteiger partial charge in [-0.1, -0.05) is 20.8 Å². The molecule has 0 aromatic heterocycles. The minimum Gasteiger partial charge on any atom is -0.343 e. The average molecular weight is 184 g/mol. The summed E-state index contributed by atoms with van der Waals surface area (Å²) in [7, 11) is 0. The molecule has 1 radical (unpaired) electrons. The second-order valence-electron chi connectivity index (χ2n) is 4.53. The van der Waals surface area contributed by atoms with Gasteiger partial charge in [0.15, 0.2) is 0 Å². The predicted molar refractivity (Wildman–Crippen MR) is 56.3 cm³/mol. The van der Waals surface area contributed by atoms with Gasteiger partial charge in [0, 0.05) is 19.5 Å². The van der Waals surface area contributed by atoms with E-state index in [1.807, 2.05) is 11.8 Å². The van der Waals surface area contributed by atoms with Gasteiger partial charge in [0.1, 0.15) is 0 Å². The van der Waals surface area contributed by atoms with Crippen molar-refractivity contribution in [3.63, 3.8) is 0 Å². The zero-order valence-electron chi connectivity index (χ0n) is 9.39. The van der Waals surface area contributed by atoms with Crippen molar-refractivity contribution in [1.29, 1.82) is 0 Å². The molecule has 0 spiro atoms. The third-order valence-electron chi connectivity index (χ3n) is 2.08. The van der Waals surface area contributed by atoms with Crippen LogP contribution in [0.4, 0.5) is 0 Å². The van der Waals surface area contributed by atoms with E-state index in [9.17, 15) is 4.79 Å². The number of amides is 1. The number of hydrogen-bond acceptors (Lipinski definition) is 1. The van der Waals surface area contributed by atoms with Gasteiger partial charge in [-0.15, -0.1) is 0 Å². The van der Waals surface area contributed by atoms with Crippen molar-refractivity contribution in [2.24, 2.45) is 5.41 Å². The zero-order valence-corrected chi connectivity index (χ0v) is 9.39. The van der Waals surface area contributed by atoms with Crippen LogP contribution in [0.1, 0.15) is 40.5 Å². The molecule has 13 heavy (non-hydrogen) atoms. The van der Waals surface area contributed by atoms with Crippen molar-refractivity contribution < 1.29 is 4.79 Å². The van der Waals surface area contributed by atoms with Gasteiger partial charge < -0.3 is 4.90 Å². The Balaban J connectivity index is 3.93. The van der Waals surface area contributed by atoms with Crippen LogP contribution in [-0.2, 0) is 4.79 Å². The summed E-state index contributed by atoms with van der Waals surface area (Å²) in [5.74, 6) is 0.159. The molecule has 0 saturated heterocycles. The first-order chi connectivity index (χ1) is 5.90. The number of carbonyl (C=O) groups is 1. The van der Waals surface area contributed by atoms with Gasteiger partial charge in [-0.2, -0.15) is 0 Å². The molecule has 0 aliphatic carbocycles. The SMILES string of the molecule is [CH2]CC(=O)N(CC)CCC(C)(C)C. The second kappa shape index (κ2) is 5.25. The monoisotopic (exact) mass is 184 g/mol. The highest BCUT2D eigenvalue weighted by Gasteiger charge is 2.14. The van der Waals surface area contributed by atoms with Crippen LogP contribution >= 0.6 is 0 Å². The topological polar surface area (TPSA) is 20.3 Å². The van der Waals surface area contributed by atoms with Crippen LogP contribution < -0.4 is 0 Å². The van der Waals surface area contributed by atoms with Gasteiger partial charge in [-0.25, -0.2) is 0 Å². The molecule has 0 aliphatic heterocycles. The Bertz CT molecular complexity index is 158. The maximum Gasteiger partial charge on any atom is 0.222 e. The molecule has 0 N–H and O–H groups in total. The third kappa shape index (κ3) is 5.67. The lowest BCUT2D eigenvalue weighted by molar-refractivity contribution is -0.130. The Morgan fingerprint density at radius 1 is 1.38 bits per heavy atom. The number of carbonyl (C=O) groups excluding carboxylic acids is 1. The average Bonchev–Trinajstić information content (AvgIpc) is 2.03. The predicted octanol–water partition coefficient (Wildman–Crippen LogP) is 2.50. The van der Waals surface area contributed by atoms with Crippen molar-refractivity contribution >= 4 is 5.91 Å². The molecule has 0 heterocycles. The summed E-state index contributed by atoms with van der Waals surface area (Å²) in [6, 6.07) is 0. The summed E-state index contributed by atoms with van der Waals surface area (Å²) < 4.78 is 0. The summed E-state index contributed by atoms with van der Waals surface area (Å²) in [5, 5.41) is 0. The van der Waals surface area contributed by atoms with Crippen molar-refractivity contribution in [3.05, 3.63) is 6.92 Å². The summed E-state index contributed by atoms with van der Waals surface area (Å²) in [5.41, 5.74) is 0.300. The molecular weight excluding hydrogens is 162 g/mol. The van der Waals surface area contributed by atoms with E-state index < -0.39 is 0 Å². The molecule has 0 saturated carbocycles. The third-order valence-corrected chi connectivity index (χ3v) is 2.08. The molecule has 0 bridgehead atoms. The fourth-order valence-corrected chi connectivity index (χ4v) is 1.09. The molecule has 0 aliphatic rings. The molecule has 0 atom stereocenters. The number of nitrogens with zero attached hydrogens (tertiary/aromatic N) is 1. The first kappa shape index (κ1) is 12.5. The minimum absolute atomic E-state index is 0.159. The van der Waals surface area contributed by atoms with Gasteiger partial charge in [-0.3, -0.25) is 4.79 Å². The Labute approximate surface area is 82.3 Å². The Kier molecular flexibility index (Phi) is 5.04. The summed E-state index contributed by atoms with van der Waals surface area (Å²) in [4.78, 5) is 13.2. The second-order valence-corrected chi connectivity index (χ2v) is 4.53. The van der Waals surface area contributed by atoms with Gasteiger partial charge >= 0.3 is 0 Å². The van der Waals surface area contributed by atoms with Gasteiger partial charge in [0.2, 0.25) is 5.91 Å². The molecule has 0 rings (SSSR count). The Morgan fingerprint density at radius 2 is 1.92 bits per heavy atom. The van der Waals surface area contributed by atoms with Crippen molar-refractivity contribution in [3.8, 4) is 0 Å². The van der Waals surface area contributed by atoms with E-state index in [1.54, 1.807) is 0 Å². The maximum atomic E-state index is 11.3. The van der Waals surface area contributed by atoms with Crippen LogP contribution in [0, 0.1) is 12.3 Å². The van der Waals surface area contributed by atoms with Crippen LogP contribution in [0.2, 0.25) is 0 Å². The molecule has 0 aromatic rings. The van der Waals surface area contributed by atoms with Crippen molar-refractivity contribution in [2.75, 3.05) is 13.1 Å². The minimum atomic E-state index is 0.159. The highest BCUT2D eigenvalue weighted by molar-refractivity contribution is 5.76. The number of hydrogen-bond donors (Lipinski definition) is 0. The standard InChI is InChI=1S/C11H22NO/c1-6-10(13)12(7-2)9-8-11(3,4)5/h1,6-9H2,2-5H3. The van der Waals surface area contributed by atoms with Crippen LogP contribution in [0.25, 0.3) is 0 Å². The fourth-order valence-electron chi connectivity index (χ4n) is 1.09. The first-order valence-electron chi connectivity index (χ1n) is 4.97. The van der Waals surface area contributed by atoms with E-state index in [-0.39, 0.29) is 5.91 Å². The van der Waals surface area contributed by atoms with E-state index in [2.05, 4.69) is 27.7 Å². The molecule has 0 unspecified atom stereocenters. The highest BCUT2D eigenvalue weighted by Crippen LogP contribution is 2.18. The Morgan fingerprint density at radius 3 is 2.23 bits per heavy atom. The molecule has 0 aromatic carbocycles. The molecule has 77 valence electrons. The van der Waals surface area contributed by atoms with E-state index in [4.69, 9.17) is 0 Å². The summed E-state index contributed by atoms with van der Waals surface area (Å²) in [6.07, 6.45) is 1.42. The zero-order chi connectivity index (χ0) is 10.5. The fraction of sp³-hybridized carbons (Fsp3) is 0.818. The Hall–Kier alpha value is -0.530. The van der Waals surface area contributed by atoms with E-state index in [0.29, 0.717) is 11.8 Å². The maximum absolute atomic E-state index is 11.3. The van der Waals surface area contributed by atoms with Gasteiger partial charge in [-0.05, 0) is 25.7 Å². The van der Waals surface area contributed by atoms with E-state index in [1.165, 1.54) is 0 Å². The van der Waals surface area contributed by atoms with Crippen molar-refractivity contribution in [1.82, 2.24) is 4.90 Å². The molecule has 1 amide bonds. The van der Waals surface area contributed by atoms with Gasteiger partial charge in [0.05, 0.1) is 0 Å². The van der Waals surface area contributed by atoms with Crippen LogP contribution in [0.5, 0.6) is 0 Å².